The molecule has 0 spiro atoms. The molecule has 1 unspecified atom stereocenters. The number of aryl methyl sites for hydroxylation is 1. The highest BCUT2D eigenvalue weighted by atomic mass is 16.5. The summed E-state index contributed by atoms with van der Waals surface area (Å²) in [5.41, 5.74) is 1.29. The third kappa shape index (κ3) is 5.55. The Balaban J connectivity index is 1.70. The lowest BCUT2D eigenvalue weighted by molar-refractivity contribution is -0.149. The molecule has 1 saturated heterocycles. The highest BCUT2D eigenvalue weighted by Crippen LogP contribution is 2.19. The Bertz CT molecular complexity index is 525. The average Bonchev–Trinajstić information content (AvgIpc) is 2.61. The normalized spacial score (nSPS) is 16.5. The van der Waals surface area contributed by atoms with Crippen LogP contribution in [0.1, 0.15) is 38.7 Å². The lowest BCUT2D eigenvalue weighted by Gasteiger charge is -2.31. The van der Waals surface area contributed by atoms with Crippen LogP contribution in [0.5, 0.6) is 0 Å². The Hall–Kier alpha value is -2.04. The summed E-state index contributed by atoms with van der Waals surface area (Å²) >= 11 is 0. The van der Waals surface area contributed by atoms with Gasteiger partial charge in [0, 0.05) is 19.1 Å². The molecule has 132 valence electrons. The summed E-state index contributed by atoms with van der Waals surface area (Å²) in [6.45, 7) is 5.49. The minimum Gasteiger partial charge on any atom is -0.466 e. The topological polar surface area (TPSA) is 58.6 Å². The molecule has 1 N–H and O–H groups in total. The van der Waals surface area contributed by atoms with Gasteiger partial charge < -0.3 is 15.0 Å². The minimum atomic E-state index is -0.131. The fraction of sp³-hybridized carbons (Fsp3) is 0.579. The van der Waals surface area contributed by atoms with E-state index < -0.39 is 0 Å². The van der Waals surface area contributed by atoms with Crippen LogP contribution >= 0.6 is 0 Å². The first kappa shape index (κ1) is 18.3. The van der Waals surface area contributed by atoms with Crippen molar-refractivity contribution >= 4 is 12.0 Å². The minimum absolute atomic E-state index is 0.0297. The lowest BCUT2D eigenvalue weighted by Crippen LogP contribution is -2.48. The summed E-state index contributed by atoms with van der Waals surface area (Å²) < 4.78 is 5.06. The number of hydrogen-bond donors (Lipinski definition) is 1. The van der Waals surface area contributed by atoms with Crippen molar-refractivity contribution in [2.24, 2.45) is 5.92 Å². The van der Waals surface area contributed by atoms with Gasteiger partial charge in [-0.2, -0.15) is 0 Å². The molecular weight excluding hydrogens is 304 g/mol. The van der Waals surface area contributed by atoms with Crippen LogP contribution < -0.4 is 5.32 Å². The zero-order valence-corrected chi connectivity index (χ0v) is 14.7. The van der Waals surface area contributed by atoms with E-state index in [1.165, 1.54) is 5.56 Å². The van der Waals surface area contributed by atoms with Crippen molar-refractivity contribution in [1.29, 1.82) is 0 Å². The summed E-state index contributed by atoms with van der Waals surface area (Å²) in [4.78, 5) is 25.9. The van der Waals surface area contributed by atoms with Gasteiger partial charge in [0.05, 0.1) is 12.5 Å². The number of carbonyl (C=O) groups excluding carboxylic acids is 2. The van der Waals surface area contributed by atoms with E-state index in [1.54, 1.807) is 4.90 Å². The Morgan fingerprint density at radius 1 is 1.25 bits per heavy atom. The van der Waals surface area contributed by atoms with Crippen molar-refractivity contribution in [3.63, 3.8) is 0 Å². The van der Waals surface area contributed by atoms with E-state index in [0.717, 1.165) is 12.8 Å². The number of hydrogen-bond acceptors (Lipinski definition) is 3. The maximum absolute atomic E-state index is 12.3. The van der Waals surface area contributed by atoms with Crippen LogP contribution in [0.15, 0.2) is 30.3 Å². The zero-order valence-electron chi connectivity index (χ0n) is 14.7. The van der Waals surface area contributed by atoms with E-state index in [2.05, 4.69) is 17.4 Å². The summed E-state index contributed by atoms with van der Waals surface area (Å²) in [7, 11) is 0. The number of piperidine rings is 1. The van der Waals surface area contributed by atoms with Crippen molar-refractivity contribution in [1.82, 2.24) is 10.2 Å². The lowest BCUT2D eigenvalue weighted by atomic mass is 9.97. The summed E-state index contributed by atoms with van der Waals surface area (Å²) in [5, 5.41) is 3.06. The highest BCUT2D eigenvalue weighted by molar-refractivity contribution is 5.76. The quantitative estimate of drug-likeness (QED) is 0.815. The van der Waals surface area contributed by atoms with E-state index in [1.807, 2.05) is 32.0 Å². The van der Waals surface area contributed by atoms with Crippen LogP contribution in [0.2, 0.25) is 0 Å². The predicted molar refractivity (Wildman–Crippen MR) is 93.7 cm³/mol. The number of amides is 2. The summed E-state index contributed by atoms with van der Waals surface area (Å²) in [5.74, 6) is -0.196. The molecule has 1 aliphatic heterocycles. The smallest absolute Gasteiger partial charge is 0.317 e. The molecule has 0 bridgehead atoms. The average molecular weight is 332 g/mol. The van der Waals surface area contributed by atoms with Crippen LogP contribution in [-0.2, 0) is 16.0 Å². The first-order valence-corrected chi connectivity index (χ1v) is 8.86. The second-order valence-electron chi connectivity index (χ2n) is 6.39. The van der Waals surface area contributed by atoms with Crippen LogP contribution in [0.3, 0.4) is 0 Å². The number of ether oxygens (including phenoxy) is 1. The first-order chi connectivity index (χ1) is 11.6. The number of esters is 1. The van der Waals surface area contributed by atoms with Crippen molar-refractivity contribution < 1.29 is 14.3 Å². The molecule has 0 aromatic heterocycles. The summed E-state index contributed by atoms with van der Waals surface area (Å²) in [6.07, 6.45) is 3.23. The van der Waals surface area contributed by atoms with Crippen LogP contribution in [0.4, 0.5) is 4.79 Å². The second-order valence-corrected chi connectivity index (χ2v) is 6.39. The molecule has 0 radical (unpaired) electrons. The van der Waals surface area contributed by atoms with Crippen molar-refractivity contribution in [2.75, 3.05) is 19.7 Å². The molecule has 0 saturated carbocycles. The molecule has 0 aliphatic carbocycles. The van der Waals surface area contributed by atoms with Crippen molar-refractivity contribution in [3.05, 3.63) is 35.9 Å². The van der Waals surface area contributed by atoms with Crippen molar-refractivity contribution in [2.45, 2.75) is 45.6 Å². The molecule has 2 rings (SSSR count). The molecule has 2 amide bonds. The second kappa shape index (κ2) is 9.30. The first-order valence-electron chi connectivity index (χ1n) is 8.86. The van der Waals surface area contributed by atoms with Crippen LogP contribution in [0, 0.1) is 5.92 Å². The molecule has 1 fully saturated rings. The zero-order chi connectivity index (χ0) is 17.4. The van der Waals surface area contributed by atoms with E-state index in [9.17, 15) is 9.59 Å². The molecule has 24 heavy (non-hydrogen) atoms. The molecule has 1 atom stereocenters. The number of nitrogens with one attached hydrogen (secondary N) is 1. The number of urea groups is 1. The number of nitrogens with zero attached hydrogens (tertiary/aromatic N) is 1. The van der Waals surface area contributed by atoms with Crippen molar-refractivity contribution in [3.8, 4) is 0 Å². The molecule has 1 aliphatic rings. The molecule has 1 aromatic carbocycles. The summed E-state index contributed by atoms with van der Waals surface area (Å²) in [6, 6.07) is 10.4. The third-order valence-electron chi connectivity index (χ3n) is 4.48. The number of rotatable bonds is 6. The van der Waals surface area contributed by atoms with Crippen LogP contribution in [-0.4, -0.2) is 42.6 Å². The van der Waals surface area contributed by atoms with Gasteiger partial charge in [-0.1, -0.05) is 30.3 Å². The SMILES string of the molecule is CCOC(=O)C1CCN(C(=O)NC(C)CCc2ccccc2)CC1. The Labute approximate surface area is 144 Å². The Kier molecular flexibility index (Phi) is 7.09. The van der Waals surface area contributed by atoms with Gasteiger partial charge in [-0.3, -0.25) is 4.79 Å². The predicted octanol–water partition coefficient (Wildman–Crippen LogP) is 2.99. The van der Waals surface area contributed by atoms with E-state index in [4.69, 9.17) is 4.74 Å². The number of benzene rings is 1. The van der Waals surface area contributed by atoms with E-state index >= 15 is 0 Å². The number of likely N-dealkylation sites (tertiary alicyclic amines) is 1. The van der Waals surface area contributed by atoms with Gasteiger partial charge in [-0.25, -0.2) is 4.79 Å². The maximum atomic E-state index is 12.3. The van der Waals surface area contributed by atoms with Gasteiger partial charge in [0.25, 0.3) is 0 Å². The van der Waals surface area contributed by atoms with Crippen LogP contribution in [0.25, 0.3) is 0 Å². The van der Waals surface area contributed by atoms with Gasteiger partial charge in [-0.05, 0) is 45.1 Å². The van der Waals surface area contributed by atoms with Gasteiger partial charge >= 0.3 is 12.0 Å². The van der Waals surface area contributed by atoms with E-state index in [0.29, 0.717) is 32.5 Å². The molecule has 1 aromatic rings. The van der Waals surface area contributed by atoms with Gasteiger partial charge in [0.2, 0.25) is 0 Å². The third-order valence-corrected chi connectivity index (χ3v) is 4.48. The van der Waals surface area contributed by atoms with E-state index in [-0.39, 0.29) is 24.0 Å². The molecule has 1 heterocycles. The maximum Gasteiger partial charge on any atom is 0.317 e. The molecule has 5 nitrogen and oxygen atoms in total. The Morgan fingerprint density at radius 3 is 2.54 bits per heavy atom. The molecule has 5 heteroatoms. The largest absolute Gasteiger partial charge is 0.466 e. The Morgan fingerprint density at radius 2 is 1.92 bits per heavy atom. The highest BCUT2D eigenvalue weighted by Gasteiger charge is 2.28. The molecular formula is C19H28N2O3. The van der Waals surface area contributed by atoms with Gasteiger partial charge in [0.15, 0.2) is 0 Å². The standard InChI is InChI=1S/C19H28N2O3/c1-3-24-18(22)17-11-13-21(14-12-17)19(23)20-15(2)9-10-16-7-5-4-6-8-16/h4-8,15,17H,3,9-14H2,1-2H3,(H,20,23). The number of carbonyl (C=O) groups is 2. The fourth-order valence-electron chi connectivity index (χ4n) is 2.98. The van der Waals surface area contributed by atoms with Gasteiger partial charge in [-0.15, -0.1) is 0 Å². The fourth-order valence-corrected chi connectivity index (χ4v) is 2.98. The van der Waals surface area contributed by atoms with Gasteiger partial charge in [0.1, 0.15) is 0 Å². The monoisotopic (exact) mass is 332 g/mol.